The number of hydrogen-bond acceptors (Lipinski definition) is 10. The normalized spacial score (nSPS) is 14.1. The predicted octanol–water partition coefficient (Wildman–Crippen LogP) is 3.90. The van der Waals surface area contributed by atoms with Crippen molar-refractivity contribution in [2.45, 2.75) is 25.4 Å². The Morgan fingerprint density at radius 1 is 0.860 bits per heavy atom. The molecule has 0 saturated heterocycles. The van der Waals surface area contributed by atoms with Crippen molar-refractivity contribution in [3.63, 3.8) is 0 Å². The maximum Gasteiger partial charge on any atom is 0.485 e. The van der Waals surface area contributed by atoms with E-state index in [1.54, 1.807) is 6.20 Å². The second-order valence-electron chi connectivity index (χ2n) is 8.68. The minimum atomic E-state index is -6.09. The highest BCUT2D eigenvalue weighted by molar-refractivity contribution is 7.86. The van der Waals surface area contributed by atoms with Crippen LogP contribution in [0.3, 0.4) is 0 Å². The summed E-state index contributed by atoms with van der Waals surface area (Å²) in [7, 11) is -6.09. The fraction of sp³-hybridized carbons (Fsp3) is 0.143. The topological polar surface area (TPSA) is 172 Å². The van der Waals surface area contributed by atoms with E-state index in [4.69, 9.17) is 22.9 Å². The summed E-state index contributed by atoms with van der Waals surface area (Å²) in [5.41, 5.74) is -0.0522. The molecule has 0 atom stereocenters. The summed E-state index contributed by atoms with van der Waals surface area (Å²) in [6.45, 7) is 2.90. The van der Waals surface area contributed by atoms with E-state index < -0.39 is 15.6 Å². The van der Waals surface area contributed by atoms with Crippen molar-refractivity contribution in [1.82, 2.24) is 15.0 Å². The third-order valence-electron chi connectivity index (χ3n) is 5.94. The molecular formula is C28H19F3N8O3S. The molecular weight excluding hydrogens is 585 g/mol. The van der Waals surface area contributed by atoms with Crippen LogP contribution >= 0.6 is 0 Å². The van der Waals surface area contributed by atoms with E-state index >= 15 is 0 Å². The quantitative estimate of drug-likeness (QED) is 0.129. The summed E-state index contributed by atoms with van der Waals surface area (Å²) >= 11 is 0. The number of rotatable bonds is 4. The van der Waals surface area contributed by atoms with Gasteiger partial charge in [-0.3, -0.25) is 4.98 Å². The highest BCUT2D eigenvalue weighted by Crippen LogP contribution is 2.33. The average molecular weight is 605 g/mol. The van der Waals surface area contributed by atoms with Crippen molar-refractivity contribution in [2.24, 2.45) is 9.98 Å². The van der Waals surface area contributed by atoms with Crippen LogP contribution < -0.4 is 4.57 Å². The molecule has 1 aliphatic carbocycles. The zero-order valence-corrected chi connectivity index (χ0v) is 23.0. The van der Waals surface area contributed by atoms with Gasteiger partial charge < -0.3 is 4.55 Å². The lowest BCUT2D eigenvalue weighted by Crippen LogP contribution is -2.36. The van der Waals surface area contributed by atoms with Gasteiger partial charge in [0.2, 0.25) is 18.1 Å². The molecule has 1 aliphatic rings. The number of nitrogens with zero attached hydrogens (tertiary/aromatic N) is 8. The monoisotopic (exact) mass is 604 g/mol. The maximum atomic E-state index is 10.7. The number of aliphatic imine (C=N–C) groups is 2. The van der Waals surface area contributed by atoms with Gasteiger partial charge in [0.1, 0.15) is 35.0 Å². The van der Waals surface area contributed by atoms with E-state index in [2.05, 4.69) is 26.5 Å². The van der Waals surface area contributed by atoms with Gasteiger partial charge in [0, 0.05) is 35.9 Å². The number of aryl methyl sites for hydroxylation is 1. The zero-order chi connectivity index (χ0) is 31.2. The molecule has 0 amide bonds. The Balaban J connectivity index is 0.000000467. The van der Waals surface area contributed by atoms with E-state index in [-0.39, 0.29) is 0 Å². The van der Waals surface area contributed by atoms with Crippen molar-refractivity contribution < 1.29 is 30.7 Å². The molecule has 0 aliphatic heterocycles. The van der Waals surface area contributed by atoms with Crippen molar-refractivity contribution in [1.29, 1.82) is 10.5 Å². The van der Waals surface area contributed by atoms with E-state index in [0.717, 1.165) is 18.7 Å². The van der Waals surface area contributed by atoms with Gasteiger partial charge in [0.25, 0.3) is 0 Å². The van der Waals surface area contributed by atoms with Crippen LogP contribution in [0.25, 0.3) is 22.8 Å². The molecule has 11 nitrogen and oxygen atoms in total. The standard InChI is InChI=1S/C27H19N8.CHF3O3S/c1-2-14-35-15-8-6-12-21(35)25-24(20-11-5-7-13-30-20)33-26-22(31-16-28)18-9-3-4-10-19(18)23(32-17-29)27(26)34-25;2-1(3,4)8(5,6)7/h3-13,15H,2,14H2,1H3;(H,5,6,7)/q+1;/p-1. The number of fused-ring (bicyclic) bond motifs is 2. The van der Waals surface area contributed by atoms with Crippen LogP contribution in [-0.2, 0) is 16.7 Å². The van der Waals surface area contributed by atoms with Crippen LogP contribution in [-0.4, -0.2) is 44.9 Å². The van der Waals surface area contributed by atoms with E-state index in [0.29, 0.717) is 51.0 Å². The Kier molecular flexibility index (Phi) is 8.99. The van der Waals surface area contributed by atoms with Crippen molar-refractivity contribution in [2.75, 3.05) is 0 Å². The third kappa shape index (κ3) is 6.43. The number of benzene rings is 1. The molecule has 216 valence electrons. The Bertz CT molecular complexity index is 1930. The molecule has 0 radical (unpaired) electrons. The second-order valence-corrected chi connectivity index (χ2v) is 10.0. The highest BCUT2D eigenvalue weighted by atomic mass is 32.2. The lowest BCUT2D eigenvalue weighted by Gasteiger charge is -2.22. The maximum absolute atomic E-state index is 10.7. The number of hydrogen-bond donors (Lipinski definition) is 0. The lowest BCUT2D eigenvalue weighted by atomic mass is 9.88. The van der Waals surface area contributed by atoms with Crippen LogP contribution in [0.15, 0.2) is 83.0 Å². The molecule has 0 bridgehead atoms. The van der Waals surface area contributed by atoms with Crippen molar-refractivity contribution >= 4 is 21.5 Å². The van der Waals surface area contributed by atoms with Gasteiger partial charge in [-0.15, -0.1) is 0 Å². The smallest absolute Gasteiger partial charge is 0.485 e. The van der Waals surface area contributed by atoms with Crippen molar-refractivity contribution in [3.8, 4) is 35.2 Å². The van der Waals surface area contributed by atoms with E-state index in [9.17, 15) is 23.7 Å². The number of alkyl halides is 3. The number of halogens is 3. The van der Waals surface area contributed by atoms with Gasteiger partial charge in [-0.05, 0) is 18.2 Å². The van der Waals surface area contributed by atoms with Crippen LogP contribution in [0.1, 0.15) is 35.9 Å². The highest BCUT2D eigenvalue weighted by Gasteiger charge is 2.37. The molecule has 3 aromatic heterocycles. The lowest BCUT2D eigenvalue weighted by molar-refractivity contribution is -0.686. The number of nitriles is 2. The van der Waals surface area contributed by atoms with Gasteiger partial charge in [0.05, 0.1) is 5.69 Å². The van der Waals surface area contributed by atoms with Crippen LogP contribution in [0.4, 0.5) is 13.2 Å². The fourth-order valence-corrected chi connectivity index (χ4v) is 4.23. The fourth-order valence-electron chi connectivity index (χ4n) is 4.23. The average Bonchev–Trinajstić information content (AvgIpc) is 2.98. The first kappa shape index (κ1) is 30.6. The summed E-state index contributed by atoms with van der Waals surface area (Å²) in [6, 6.07) is 18.9. The molecule has 0 fully saturated rings. The number of pyridine rings is 2. The Morgan fingerprint density at radius 2 is 1.40 bits per heavy atom. The largest absolute Gasteiger partial charge is 0.741 e. The molecule has 0 unspecified atom stereocenters. The molecule has 43 heavy (non-hydrogen) atoms. The first-order valence-electron chi connectivity index (χ1n) is 12.4. The summed E-state index contributed by atoms with van der Waals surface area (Å²) in [5.74, 6) is 0. The number of aromatic nitrogens is 4. The molecule has 1 aromatic carbocycles. The van der Waals surface area contributed by atoms with E-state index in [1.165, 1.54) is 0 Å². The summed E-state index contributed by atoms with van der Waals surface area (Å²) in [5, 5.41) is 19.0. The summed E-state index contributed by atoms with van der Waals surface area (Å²) in [6.07, 6.45) is 8.44. The SMILES string of the molecule is CCC[n+]1ccccc1-c1nc2c(nc1-c1ccccn1)C(=NC#N)c1ccccc1C2=NC#N.O=S(=O)([O-])C(F)(F)F. The molecule has 3 heterocycles. The molecule has 15 heteroatoms. The third-order valence-corrected chi connectivity index (χ3v) is 6.51. The minimum Gasteiger partial charge on any atom is -0.741 e. The van der Waals surface area contributed by atoms with Crippen LogP contribution in [0.5, 0.6) is 0 Å². The Hall–Kier alpha value is -5.38. The molecule has 4 aromatic rings. The molecule has 0 saturated carbocycles. The first-order valence-corrected chi connectivity index (χ1v) is 13.8. The zero-order valence-electron chi connectivity index (χ0n) is 22.2. The van der Waals surface area contributed by atoms with Gasteiger partial charge in [-0.25, -0.2) is 18.4 Å². The summed E-state index contributed by atoms with van der Waals surface area (Å²) < 4.78 is 61.0. The van der Waals surface area contributed by atoms with Crippen molar-refractivity contribution in [3.05, 3.63) is 95.6 Å². The molecule has 5 rings (SSSR count). The Labute approximate surface area is 243 Å². The van der Waals surface area contributed by atoms with Gasteiger partial charge >= 0.3 is 5.51 Å². The van der Waals surface area contributed by atoms with Crippen LogP contribution in [0, 0.1) is 22.9 Å². The van der Waals surface area contributed by atoms with Gasteiger partial charge in [0.15, 0.2) is 22.0 Å². The molecule has 0 spiro atoms. The predicted molar refractivity (Wildman–Crippen MR) is 146 cm³/mol. The van der Waals surface area contributed by atoms with Crippen LogP contribution in [0.2, 0.25) is 0 Å². The second kappa shape index (κ2) is 12.6. The molecule has 0 N–H and O–H groups in total. The minimum absolute atomic E-state index is 0.390. The first-order chi connectivity index (χ1) is 20.5. The van der Waals surface area contributed by atoms with Gasteiger partial charge in [-0.1, -0.05) is 37.3 Å². The summed E-state index contributed by atoms with van der Waals surface area (Å²) in [4.78, 5) is 22.8. The van der Waals surface area contributed by atoms with Gasteiger partial charge in [-0.2, -0.15) is 38.2 Å². The van der Waals surface area contributed by atoms with E-state index in [1.807, 2.05) is 79.2 Å². The Morgan fingerprint density at radius 3 is 1.88 bits per heavy atom.